The number of amides is 4. The quantitative estimate of drug-likeness (QED) is 0.657. The molecule has 1 spiro atoms. The topological polar surface area (TPSA) is 78.5 Å². The average Bonchev–Trinajstić information content (AvgIpc) is 2.72. The van der Waals surface area contributed by atoms with Crippen molar-refractivity contribution in [2.24, 2.45) is 5.92 Å². The van der Waals surface area contributed by atoms with Gasteiger partial charge in [-0.3, -0.25) is 14.9 Å². The second-order valence-electron chi connectivity index (χ2n) is 5.15. The lowest BCUT2D eigenvalue weighted by molar-refractivity contribution is -0.131. The van der Waals surface area contributed by atoms with Crippen molar-refractivity contribution in [3.05, 3.63) is 0 Å². The van der Waals surface area contributed by atoms with Gasteiger partial charge in [-0.15, -0.1) is 0 Å². The summed E-state index contributed by atoms with van der Waals surface area (Å²) >= 11 is 0. The molecule has 0 aromatic heterocycles. The predicted octanol–water partition coefficient (Wildman–Crippen LogP) is -0.157. The minimum atomic E-state index is -0.885. The third kappa shape index (κ3) is 2.11. The minimum Gasteiger partial charge on any atom is -0.340 e. The maximum atomic E-state index is 11.9. The molecule has 0 bridgehead atoms. The number of carbonyl (C=O) groups is 3. The van der Waals surface area contributed by atoms with E-state index < -0.39 is 11.6 Å². The van der Waals surface area contributed by atoms with Gasteiger partial charge in [0.25, 0.3) is 5.91 Å². The van der Waals surface area contributed by atoms with E-state index in [1.165, 1.54) is 0 Å². The van der Waals surface area contributed by atoms with Crippen molar-refractivity contribution in [3.8, 4) is 0 Å². The van der Waals surface area contributed by atoms with E-state index in [9.17, 15) is 14.4 Å². The number of nitrogens with one attached hydrogen (secondary N) is 2. The van der Waals surface area contributed by atoms with Gasteiger partial charge < -0.3 is 10.2 Å². The van der Waals surface area contributed by atoms with Crippen LogP contribution in [0.4, 0.5) is 4.79 Å². The number of carbonyl (C=O) groups excluding carboxylic acids is 3. The number of imide groups is 1. The molecule has 2 N–H and O–H groups in total. The lowest BCUT2D eigenvalue weighted by Gasteiger charge is -2.21. The molecule has 94 valence electrons. The molecule has 1 unspecified atom stereocenters. The van der Waals surface area contributed by atoms with Crippen LogP contribution in [0.1, 0.15) is 26.7 Å². The molecule has 2 fully saturated rings. The summed E-state index contributed by atoms with van der Waals surface area (Å²) in [5.74, 6) is 0.0271. The zero-order valence-corrected chi connectivity index (χ0v) is 10.1. The maximum Gasteiger partial charge on any atom is 0.322 e. The van der Waals surface area contributed by atoms with E-state index in [0.29, 0.717) is 25.3 Å². The van der Waals surface area contributed by atoms with Gasteiger partial charge >= 0.3 is 6.03 Å². The van der Waals surface area contributed by atoms with Gasteiger partial charge in [0.05, 0.1) is 6.54 Å². The standard InChI is InChI=1S/C11H17N3O3/c1-7(2)5-8(15)14-4-3-11(6-14)9(16)12-10(17)13-11/h7H,3-6H2,1-2H3,(H2,12,13,16,17). The Kier molecular flexibility index (Phi) is 2.81. The van der Waals surface area contributed by atoms with E-state index in [0.717, 1.165) is 0 Å². The van der Waals surface area contributed by atoms with Crippen LogP contribution in [0.15, 0.2) is 0 Å². The molecule has 2 aliphatic heterocycles. The van der Waals surface area contributed by atoms with Crippen LogP contribution in [0, 0.1) is 5.92 Å². The fourth-order valence-corrected chi connectivity index (χ4v) is 2.32. The fraction of sp³-hybridized carbons (Fsp3) is 0.727. The van der Waals surface area contributed by atoms with Crippen molar-refractivity contribution in [2.75, 3.05) is 13.1 Å². The highest BCUT2D eigenvalue weighted by molar-refractivity contribution is 6.07. The van der Waals surface area contributed by atoms with Crippen LogP contribution in [-0.2, 0) is 9.59 Å². The Hall–Kier alpha value is -1.59. The molecule has 2 heterocycles. The molecule has 6 nitrogen and oxygen atoms in total. The van der Waals surface area contributed by atoms with Crippen LogP contribution >= 0.6 is 0 Å². The lowest BCUT2D eigenvalue weighted by Crippen LogP contribution is -2.49. The molecule has 0 aliphatic carbocycles. The Balaban J connectivity index is 2.02. The molecule has 0 aromatic carbocycles. The highest BCUT2D eigenvalue weighted by Crippen LogP contribution is 2.25. The van der Waals surface area contributed by atoms with Gasteiger partial charge in [-0.05, 0) is 12.3 Å². The zero-order valence-electron chi connectivity index (χ0n) is 10.1. The smallest absolute Gasteiger partial charge is 0.322 e. The number of hydrogen-bond acceptors (Lipinski definition) is 3. The predicted molar refractivity (Wildman–Crippen MR) is 60.1 cm³/mol. The minimum absolute atomic E-state index is 0.0471. The van der Waals surface area contributed by atoms with Crippen LogP contribution in [0.5, 0.6) is 0 Å². The van der Waals surface area contributed by atoms with E-state index in [1.807, 2.05) is 13.8 Å². The monoisotopic (exact) mass is 239 g/mol. The maximum absolute atomic E-state index is 11.9. The summed E-state index contributed by atoms with van der Waals surface area (Å²) in [4.78, 5) is 36.3. The van der Waals surface area contributed by atoms with Crippen molar-refractivity contribution in [1.29, 1.82) is 0 Å². The summed E-state index contributed by atoms with van der Waals surface area (Å²) < 4.78 is 0. The molecule has 17 heavy (non-hydrogen) atoms. The average molecular weight is 239 g/mol. The van der Waals surface area contributed by atoms with Crippen molar-refractivity contribution in [2.45, 2.75) is 32.2 Å². The molecule has 0 radical (unpaired) electrons. The first kappa shape index (κ1) is 11.9. The van der Waals surface area contributed by atoms with Crippen molar-refractivity contribution in [1.82, 2.24) is 15.5 Å². The molecule has 2 aliphatic rings. The summed E-state index contributed by atoms with van der Waals surface area (Å²) in [5, 5.41) is 4.85. The first-order valence-corrected chi connectivity index (χ1v) is 5.84. The highest BCUT2D eigenvalue weighted by atomic mass is 16.2. The Morgan fingerprint density at radius 1 is 1.47 bits per heavy atom. The van der Waals surface area contributed by atoms with Gasteiger partial charge in [-0.25, -0.2) is 4.79 Å². The Morgan fingerprint density at radius 3 is 2.71 bits per heavy atom. The SMILES string of the molecule is CC(C)CC(=O)N1CCC2(C1)NC(=O)NC2=O. The van der Waals surface area contributed by atoms with E-state index in [1.54, 1.807) is 4.90 Å². The molecule has 1 atom stereocenters. The summed E-state index contributed by atoms with van der Waals surface area (Å²) in [6.45, 7) is 4.77. The zero-order chi connectivity index (χ0) is 12.6. The molecular weight excluding hydrogens is 222 g/mol. The Morgan fingerprint density at radius 2 is 2.18 bits per heavy atom. The van der Waals surface area contributed by atoms with Crippen LogP contribution in [0.3, 0.4) is 0 Å². The second-order valence-corrected chi connectivity index (χ2v) is 5.15. The van der Waals surface area contributed by atoms with Crippen LogP contribution in [0.25, 0.3) is 0 Å². The van der Waals surface area contributed by atoms with Gasteiger partial charge in [-0.2, -0.15) is 0 Å². The van der Waals surface area contributed by atoms with E-state index in [4.69, 9.17) is 0 Å². The van der Waals surface area contributed by atoms with E-state index in [-0.39, 0.29) is 18.4 Å². The summed E-state index contributed by atoms with van der Waals surface area (Å²) in [5.41, 5.74) is -0.885. The number of likely N-dealkylation sites (tertiary alicyclic amines) is 1. The summed E-state index contributed by atoms with van der Waals surface area (Å²) in [7, 11) is 0. The number of rotatable bonds is 2. The van der Waals surface area contributed by atoms with E-state index in [2.05, 4.69) is 10.6 Å². The van der Waals surface area contributed by atoms with Crippen molar-refractivity contribution < 1.29 is 14.4 Å². The highest BCUT2D eigenvalue weighted by Gasteiger charge is 2.51. The van der Waals surface area contributed by atoms with E-state index >= 15 is 0 Å². The summed E-state index contributed by atoms with van der Waals surface area (Å²) in [6, 6.07) is -0.465. The number of urea groups is 1. The van der Waals surface area contributed by atoms with Gasteiger partial charge in [-0.1, -0.05) is 13.8 Å². The molecule has 2 rings (SSSR count). The molecule has 2 saturated heterocycles. The fourth-order valence-electron chi connectivity index (χ4n) is 2.32. The molecular formula is C11H17N3O3. The molecule has 4 amide bonds. The molecule has 0 aromatic rings. The second kappa shape index (κ2) is 4.01. The Labute approximate surface area is 99.7 Å². The summed E-state index contributed by atoms with van der Waals surface area (Å²) in [6.07, 6.45) is 0.972. The number of nitrogens with zero attached hydrogens (tertiary/aromatic N) is 1. The van der Waals surface area contributed by atoms with Crippen molar-refractivity contribution in [3.63, 3.8) is 0 Å². The third-order valence-corrected chi connectivity index (χ3v) is 3.22. The first-order valence-electron chi connectivity index (χ1n) is 5.84. The van der Waals surface area contributed by atoms with Gasteiger partial charge in [0.2, 0.25) is 5.91 Å². The van der Waals surface area contributed by atoms with Crippen LogP contribution < -0.4 is 10.6 Å². The molecule has 6 heteroatoms. The number of hydrogen-bond donors (Lipinski definition) is 2. The van der Waals surface area contributed by atoms with Gasteiger partial charge in [0.1, 0.15) is 5.54 Å². The van der Waals surface area contributed by atoms with Gasteiger partial charge in [0, 0.05) is 13.0 Å². The van der Waals surface area contributed by atoms with Gasteiger partial charge in [0.15, 0.2) is 0 Å². The van der Waals surface area contributed by atoms with Crippen LogP contribution in [0.2, 0.25) is 0 Å². The Bertz CT molecular complexity index is 380. The molecule has 0 saturated carbocycles. The normalized spacial score (nSPS) is 27.8. The third-order valence-electron chi connectivity index (χ3n) is 3.22. The largest absolute Gasteiger partial charge is 0.340 e. The lowest BCUT2D eigenvalue weighted by atomic mass is 9.99. The van der Waals surface area contributed by atoms with Crippen LogP contribution in [-0.4, -0.2) is 41.4 Å². The van der Waals surface area contributed by atoms with Crippen molar-refractivity contribution >= 4 is 17.8 Å². The first-order chi connectivity index (χ1) is 7.93.